The third-order valence-electron chi connectivity index (χ3n) is 0. The van der Waals surface area contributed by atoms with Crippen LogP contribution in [-0.4, -0.2) is 50.2 Å². The zero-order chi connectivity index (χ0) is 10.7. The maximum absolute atomic E-state index is 9.56. The fourth-order valence-corrected chi connectivity index (χ4v) is 0. The third-order valence-corrected chi connectivity index (χ3v) is 0. The average Bonchev–Trinajstić information content (AvgIpc) is 1.54. The molecule has 0 N–H and O–H groups in total. The van der Waals surface area contributed by atoms with Crippen LogP contribution in [-0.2, 0) is 32.4 Å². The van der Waals surface area contributed by atoms with E-state index in [1.807, 2.05) is 0 Å². The van der Waals surface area contributed by atoms with Gasteiger partial charge in [-0.2, -0.15) is 0 Å². The Morgan fingerprint density at radius 2 is 0.500 bits per heavy atom. The van der Waals surface area contributed by atoms with Crippen molar-refractivity contribution in [1.82, 2.24) is 0 Å². The molecule has 0 fully saturated rings. The van der Waals surface area contributed by atoms with Crippen LogP contribution in [0.2, 0.25) is 0 Å². The predicted octanol–water partition coefficient (Wildman–Crippen LogP) is -0.0159. The van der Waals surface area contributed by atoms with E-state index in [0.717, 1.165) is 0 Å². The van der Waals surface area contributed by atoms with Crippen LogP contribution >= 0.6 is 0 Å². The predicted molar refractivity (Wildman–Crippen MR) is 60.0 cm³/mol. The molecule has 0 aromatic heterocycles. The van der Waals surface area contributed by atoms with Crippen molar-refractivity contribution in [3.05, 3.63) is 0 Å². The fraction of sp³-hybridized carbons (Fsp3) is 1.00. The van der Waals surface area contributed by atoms with Crippen molar-refractivity contribution in [3.8, 4) is 0 Å². The molecule has 6 heteroatoms. The molecular weight excluding hydrogens is 216 g/mol. The molecule has 12 heavy (non-hydrogen) atoms. The number of hydrogen-bond donors (Lipinski definition) is 0. The van der Waals surface area contributed by atoms with Gasteiger partial charge in [-0.05, 0) is 0 Å². The summed E-state index contributed by atoms with van der Waals surface area (Å²) in [6.07, 6.45) is 9.83. The number of rotatable bonds is 0. The molecule has 0 aliphatic carbocycles. The lowest BCUT2D eigenvalue weighted by atomic mass is 11.9. The Bertz CT molecular complexity index is 116. The van der Waals surface area contributed by atoms with E-state index < -0.39 is 32.4 Å². The Balaban J connectivity index is -0.000000101. The topological polar surface area (TPSA) is 51.2 Å². The van der Waals surface area contributed by atoms with Crippen LogP contribution in [0.25, 0.3) is 0 Å². The van der Waals surface area contributed by atoms with Gasteiger partial charge >= 0.3 is 0 Å². The molecule has 0 aliphatic heterocycles. The summed E-state index contributed by atoms with van der Waals surface area (Å²) in [5.74, 6) is 0. The van der Waals surface area contributed by atoms with Gasteiger partial charge in [-0.25, -0.2) is 0 Å². The zero-order valence-electron chi connectivity index (χ0n) is 8.45. The third kappa shape index (κ3) is 4610. The molecule has 0 atom stereocenters. The summed E-state index contributed by atoms with van der Waals surface area (Å²) >= 11 is 0. The van der Waals surface area contributed by atoms with Gasteiger partial charge in [0, 0.05) is 69.9 Å². The van der Waals surface area contributed by atoms with E-state index >= 15 is 0 Å². The van der Waals surface area contributed by atoms with Crippen LogP contribution in [0.15, 0.2) is 0 Å². The van der Waals surface area contributed by atoms with Crippen LogP contribution in [0.4, 0.5) is 0 Å². The molecule has 0 radical (unpaired) electrons. The molecule has 3 nitrogen and oxygen atoms in total. The van der Waals surface area contributed by atoms with Crippen LogP contribution in [0, 0.1) is 0 Å². The smallest absolute Gasteiger partial charge is 0.0148 e. The second kappa shape index (κ2) is 14.0. The molecule has 0 saturated carbocycles. The van der Waals surface area contributed by atoms with Crippen LogP contribution in [0.5, 0.6) is 0 Å². The van der Waals surface area contributed by atoms with Gasteiger partial charge in [-0.1, -0.05) is 0 Å². The van der Waals surface area contributed by atoms with Crippen LogP contribution in [0.1, 0.15) is 0 Å². The first-order valence-corrected chi connectivity index (χ1v) is 8.85. The van der Waals surface area contributed by atoms with E-state index in [1.54, 1.807) is 37.5 Å². The van der Waals surface area contributed by atoms with Crippen LogP contribution < -0.4 is 0 Å². The minimum absolute atomic E-state index is 0.611. The molecule has 0 heterocycles. The molecule has 78 valence electrons. The van der Waals surface area contributed by atoms with Gasteiger partial charge in [0.05, 0.1) is 0 Å². The highest BCUT2D eigenvalue weighted by atomic mass is 32.2. The molecule has 0 aromatic carbocycles. The van der Waals surface area contributed by atoms with E-state index in [-0.39, 0.29) is 0 Å². The van der Waals surface area contributed by atoms with Gasteiger partial charge < -0.3 is 0 Å². The van der Waals surface area contributed by atoms with Crippen molar-refractivity contribution in [2.24, 2.45) is 0 Å². The summed E-state index contributed by atoms with van der Waals surface area (Å²) in [6.45, 7) is 0. The van der Waals surface area contributed by atoms with E-state index in [4.69, 9.17) is 0 Å². The maximum Gasteiger partial charge on any atom is 0.0148 e. The Morgan fingerprint density at radius 1 is 0.500 bits per heavy atom. The second-order valence-corrected chi connectivity index (χ2v) is 6.67. The Hall–Kier alpha value is 0.450. The van der Waals surface area contributed by atoms with E-state index in [9.17, 15) is 12.6 Å². The Labute approximate surface area is 82.7 Å². The lowest BCUT2D eigenvalue weighted by Crippen LogP contribution is -1.70. The van der Waals surface area contributed by atoms with Crippen molar-refractivity contribution in [2.75, 3.05) is 37.5 Å². The van der Waals surface area contributed by atoms with Gasteiger partial charge in [0.25, 0.3) is 0 Å². The summed E-state index contributed by atoms with van der Waals surface area (Å²) < 4.78 is 28.7. The molecule has 0 rings (SSSR count). The first-order valence-electron chi connectivity index (χ1n) is 2.95. The van der Waals surface area contributed by atoms with Crippen molar-refractivity contribution in [3.63, 3.8) is 0 Å². The van der Waals surface area contributed by atoms with Gasteiger partial charge in [0.15, 0.2) is 0 Å². The monoisotopic (exact) mass is 234 g/mol. The molecule has 0 aromatic rings. The van der Waals surface area contributed by atoms with Crippen molar-refractivity contribution in [1.29, 1.82) is 0 Å². The highest BCUT2D eigenvalue weighted by Gasteiger charge is 1.58. The van der Waals surface area contributed by atoms with Crippen molar-refractivity contribution in [2.45, 2.75) is 0 Å². The maximum atomic E-state index is 9.56. The fourth-order valence-electron chi connectivity index (χ4n) is 0. The average molecular weight is 234 g/mol. The summed E-state index contributed by atoms with van der Waals surface area (Å²) in [4.78, 5) is 0. The second-order valence-electron chi connectivity index (χ2n) is 2.22. The summed E-state index contributed by atoms with van der Waals surface area (Å²) in [7, 11) is -1.83. The van der Waals surface area contributed by atoms with Crippen molar-refractivity contribution < 1.29 is 12.6 Å². The highest BCUT2D eigenvalue weighted by molar-refractivity contribution is 7.83. The van der Waals surface area contributed by atoms with E-state index in [0.29, 0.717) is 0 Å². The summed E-state index contributed by atoms with van der Waals surface area (Å²) in [6, 6.07) is 0. The lowest BCUT2D eigenvalue weighted by Gasteiger charge is -1.60. The molecule has 0 saturated heterocycles. The molecule has 0 spiro atoms. The Kier molecular flexibility index (Phi) is 21.3. The zero-order valence-corrected chi connectivity index (χ0v) is 10.9. The van der Waals surface area contributed by atoms with E-state index in [1.165, 1.54) is 0 Å². The van der Waals surface area contributed by atoms with Crippen molar-refractivity contribution >= 4 is 32.4 Å². The van der Waals surface area contributed by atoms with Crippen LogP contribution in [0.3, 0.4) is 0 Å². The molecule has 0 bridgehead atoms. The quantitative estimate of drug-likeness (QED) is 0.592. The van der Waals surface area contributed by atoms with Gasteiger partial charge in [0.2, 0.25) is 0 Å². The number of hydrogen-bond acceptors (Lipinski definition) is 3. The molecule has 0 aliphatic rings. The van der Waals surface area contributed by atoms with Gasteiger partial charge in [0.1, 0.15) is 0 Å². The first kappa shape index (κ1) is 18.3. The summed E-state index contributed by atoms with van der Waals surface area (Å²) in [5, 5.41) is 0. The Morgan fingerprint density at radius 3 is 0.500 bits per heavy atom. The summed E-state index contributed by atoms with van der Waals surface area (Å²) in [5.41, 5.74) is 0. The lowest BCUT2D eigenvalue weighted by molar-refractivity contribution is 0.689. The molecule has 0 unspecified atom stereocenters. The minimum atomic E-state index is -0.611. The van der Waals surface area contributed by atoms with E-state index in [2.05, 4.69) is 0 Å². The normalized spacial score (nSPS) is 8.75. The largest absolute Gasteiger partial charge is 0.260 e. The highest BCUT2D eigenvalue weighted by Crippen LogP contribution is 1.48. The SMILES string of the molecule is CS(C)=O.CS(C)=O.CS(C)=O. The standard InChI is InChI=1S/3C2H6OS/c3*1-4(2)3/h3*1-2H3. The minimum Gasteiger partial charge on any atom is -0.260 e. The first-order chi connectivity index (χ1) is 5.20. The molecular formula is C6H18O3S3. The van der Waals surface area contributed by atoms with Gasteiger partial charge in [-0.15, -0.1) is 0 Å². The van der Waals surface area contributed by atoms with Gasteiger partial charge in [-0.3, -0.25) is 12.6 Å². The molecule has 0 amide bonds.